The number of piperidine rings is 1. The molecular weight excluding hydrogens is 200 g/mol. The number of aromatic nitrogens is 2. The Hall–Kier alpha value is -0.870. The van der Waals surface area contributed by atoms with E-state index in [1.54, 1.807) is 0 Å². The second-order valence-electron chi connectivity index (χ2n) is 4.89. The van der Waals surface area contributed by atoms with Crippen molar-refractivity contribution >= 4 is 0 Å². The maximum absolute atomic E-state index is 5.89. The molecule has 0 bridgehead atoms. The minimum Gasteiger partial charge on any atom is -0.337 e. The molecule has 1 aromatic rings. The molecule has 1 saturated heterocycles. The summed E-state index contributed by atoms with van der Waals surface area (Å²) in [4.78, 5) is 6.67. The van der Waals surface area contributed by atoms with Crippen LogP contribution in [0.4, 0.5) is 0 Å². The van der Waals surface area contributed by atoms with Crippen LogP contribution in [-0.2, 0) is 13.6 Å². The summed E-state index contributed by atoms with van der Waals surface area (Å²) in [5.74, 6) is 0.715. The van der Waals surface area contributed by atoms with Crippen molar-refractivity contribution in [3.05, 3.63) is 18.2 Å². The predicted molar refractivity (Wildman–Crippen MR) is 64.9 cm³/mol. The highest BCUT2D eigenvalue weighted by Crippen LogP contribution is 2.23. The number of imidazole rings is 1. The van der Waals surface area contributed by atoms with Gasteiger partial charge in [0.1, 0.15) is 0 Å². The lowest BCUT2D eigenvalue weighted by atomic mass is 9.91. The van der Waals surface area contributed by atoms with Gasteiger partial charge in [-0.15, -0.1) is 0 Å². The average molecular weight is 222 g/mol. The van der Waals surface area contributed by atoms with Crippen molar-refractivity contribution in [2.24, 2.45) is 18.7 Å². The molecule has 2 N–H and O–H groups in total. The number of aryl methyl sites for hydroxylation is 1. The van der Waals surface area contributed by atoms with Crippen molar-refractivity contribution in [3.8, 4) is 0 Å². The van der Waals surface area contributed by atoms with Gasteiger partial charge in [0.15, 0.2) is 0 Å². The molecule has 0 spiro atoms. The number of hydrogen-bond donors (Lipinski definition) is 1. The lowest BCUT2D eigenvalue weighted by Gasteiger charge is -2.39. The molecule has 4 heteroatoms. The van der Waals surface area contributed by atoms with Crippen LogP contribution < -0.4 is 5.73 Å². The normalized spacial score (nSPS) is 27.2. The van der Waals surface area contributed by atoms with Gasteiger partial charge in [0.25, 0.3) is 0 Å². The molecule has 2 atom stereocenters. The second kappa shape index (κ2) is 4.97. The SMILES string of the molecule is CC1CCCN(Cc2cncn2C)C1CN. The summed E-state index contributed by atoms with van der Waals surface area (Å²) < 4.78 is 2.09. The minimum absolute atomic E-state index is 0.531. The first-order valence-corrected chi connectivity index (χ1v) is 6.11. The zero-order valence-corrected chi connectivity index (χ0v) is 10.3. The highest BCUT2D eigenvalue weighted by molar-refractivity contribution is 4.99. The maximum atomic E-state index is 5.89. The molecule has 1 aliphatic rings. The second-order valence-corrected chi connectivity index (χ2v) is 4.89. The predicted octanol–water partition coefficient (Wildman–Crippen LogP) is 0.979. The molecule has 0 aliphatic carbocycles. The van der Waals surface area contributed by atoms with Gasteiger partial charge >= 0.3 is 0 Å². The Labute approximate surface area is 97.4 Å². The van der Waals surface area contributed by atoms with E-state index in [4.69, 9.17) is 5.73 Å². The van der Waals surface area contributed by atoms with Gasteiger partial charge in [-0.1, -0.05) is 6.92 Å². The van der Waals surface area contributed by atoms with Crippen molar-refractivity contribution in [1.82, 2.24) is 14.5 Å². The zero-order chi connectivity index (χ0) is 11.5. The third-order valence-electron chi connectivity index (χ3n) is 3.75. The van der Waals surface area contributed by atoms with Crippen LogP contribution in [0.2, 0.25) is 0 Å². The quantitative estimate of drug-likeness (QED) is 0.829. The Balaban J connectivity index is 2.05. The van der Waals surface area contributed by atoms with Gasteiger partial charge in [-0.2, -0.15) is 0 Å². The minimum atomic E-state index is 0.531. The van der Waals surface area contributed by atoms with Crippen molar-refractivity contribution in [3.63, 3.8) is 0 Å². The highest BCUT2D eigenvalue weighted by atomic mass is 15.2. The molecule has 1 aliphatic heterocycles. The van der Waals surface area contributed by atoms with Gasteiger partial charge in [0.05, 0.1) is 12.0 Å². The smallest absolute Gasteiger partial charge is 0.0945 e. The van der Waals surface area contributed by atoms with E-state index in [9.17, 15) is 0 Å². The number of rotatable bonds is 3. The molecule has 90 valence electrons. The molecule has 16 heavy (non-hydrogen) atoms. The Morgan fingerprint density at radius 1 is 1.56 bits per heavy atom. The Morgan fingerprint density at radius 3 is 3.00 bits per heavy atom. The molecule has 0 saturated carbocycles. The van der Waals surface area contributed by atoms with Crippen LogP contribution in [0, 0.1) is 5.92 Å². The summed E-state index contributed by atoms with van der Waals surface area (Å²) in [6.45, 7) is 5.21. The molecule has 0 aromatic carbocycles. The van der Waals surface area contributed by atoms with Crippen LogP contribution in [0.3, 0.4) is 0 Å². The fraction of sp³-hybridized carbons (Fsp3) is 0.750. The first kappa shape index (κ1) is 11.6. The fourth-order valence-electron chi connectivity index (χ4n) is 2.66. The van der Waals surface area contributed by atoms with Gasteiger partial charge in [0.2, 0.25) is 0 Å². The molecular formula is C12H22N4. The number of likely N-dealkylation sites (tertiary alicyclic amines) is 1. The van der Waals surface area contributed by atoms with Crippen LogP contribution in [-0.4, -0.2) is 33.6 Å². The summed E-state index contributed by atoms with van der Waals surface area (Å²) in [7, 11) is 2.05. The third kappa shape index (κ3) is 2.28. The maximum Gasteiger partial charge on any atom is 0.0945 e. The molecule has 2 heterocycles. The molecule has 2 rings (SSSR count). The summed E-state index contributed by atoms with van der Waals surface area (Å²) in [5.41, 5.74) is 7.16. The van der Waals surface area contributed by atoms with Crippen LogP contribution >= 0.6 is 0 Å². The molecule has 1 fully saturated rings. The highest BCUT2D eigenvalue weighted by Gasteiger charge is 2.27. The molecule has 4 nitrogen and oxygen atoms in total. The van der Waals surface area contributed by atoms with Gasteiger partial charge < -0.3 is 10.3 Å². The topological polar surface area (TPSA) is 47.1 Å². The van der Waals surface area contributed by atoms with E-state index < -0.39 is 0 Å². The zero-order valence-electron chi connectivity index (χ0n) is 10.3. The van der Waals surface area contributed by atoms with Crippen molar-refractivity contribution in [2.45, 2.75) is 32.4 Å². The van der Waals surface area contributed by atoms with Gasteiger partial charge in [-0.05, 0) is 25.3 Å². The molecule has 0 radical (unpaired) electrons. The summed E-state index contributed by atoms with van der Waals surface area (Å²) >= 11 is 0. The number of nitrogens with two attached hydrogens (primary N) is 1. The van der Waals surface area contributed by atoms with Crippen molar-refractivity contribution < 1.29 is 0 Å². The Kier molecular flexibility index (Phi) is 3.61. The Bertz CT molecular complexity index is 334. The first-order chi connectivity index (χ1) is 7.72. The van der Waals surface area contributed by atoms with Crippen molar-refractivity contribution in [2.75, 3.05) is 13.1 Å². The summed E-state index contributed by atoms with van der Waals surface area (Å²) in [6.07, 6.45) is 6.41. The van der Waals surface area contributed by atoms with Gasteiger partial charge in [-0.25, -0.2) is 4.98 Å². The van der Waals surface area contributed by atoms with Crippen LogP contribution in [0.15, 0.2) is 12.5 Å². The average Bonchev–Trinajstić information content (AvgIpc) is 2.65. The van der Waals surface area contributed by atoms with Gasteiger partial charge in [0, 0.05) is 32.4 Å². The fourth-order valence-corrected chi connectivity index (χ4v) is 2.66. The standard InChI is InChI=1S/C12H22N4/c1-10-4-3-5-16(12(10)6-13)8-11-7-14-9-15(11)2/h7,9-10,12H,3-6,8,13H2,1-2H3. The molecule has 0 amide bonds. The monoisotopic (exact) mass is 222 g/mol. The van der Waals surface area contributed by atoms with Crippen LogP contribution in [0.1, 0.15) is 25.5 Å². The van der Waals surface area contributed by atoms with Crippen LogP contribution in [0.5, 0.6) is 0 Å². The number of nitrogens with zero attached hydrogens (tertiary/aromatic N) is 3. The summed E-state index contributed by atoms with van der Waals surface area (Å²) in [5, 5.41) is 0. The van der Waals surface area contributed by atoms with Crippen molar-refractivity contribution in [1.29, 1.82) is 0 Å². The van der Waals surface area contributed by atoms with E-state index in [-0.39, 0.29) is 0 Å². The van der Waals surface area contributed by atoms with E-state index in [0.717, 1.165) is 19.6 Å². The Morgan fingerprint density at radius 2 is 2.38 bits per heavy atom. The van der Waals surface area contributed by atoms with E-state index in [0.29, 0.717) is 12.0 Å². The van der Waals surface area contributed by atoms with E-state index in [1.165, 1.54) is 18.5 Å². The number of hydrogen-bond acceptors (Lipinski definition) is 3. The van der Waals surface area contributed by atoms with E-state index >= 15 is 0 Å². The first-order valence-electron chi connectivity index (χ1n) is 6.11. The molecule has 1 aromatic heterocycles. The van der Waals surface area contributed by atoms with Gasteiger partial charge in [-0.3, -0.25) is 4.90 Å². The molecule has 2 unspecified atom stereocenters. The van der Waals surface area contributed by atoms with E-state index in [2.05, 4.69) is 21.4 Å². The lowest BCUT2D eigenvalue weighted by Crippen LogP contribution is -2.48. The largest absolute Gasteiger partial charge is 0.337 e. The third-order valence-corrected chi connectivity index (χ3v) is 3.75. The summed E-state index contributed by atoms with van der Waals surface area (Å²) in [6, 6.07) is 0.531. The van der Waals surface area contributed by atoms with E-state index in [1.807, 2.05) is 19.6 Å². The van der Waals surface area contributed by atoms with Crippen LogP contribution in [0.25, 0.3) is 0 Å². The lowest BCUT2D eigenvalue weighted by molar-refractivity contribution is 0.0969.